The van der Waals surface area contributed by atoms with Gasteiger partial charge in [-0.15, -0.1) is 0 Å². The van der Waals surface area contributed by atoms with Gasteiger partial charge in [0.05, 0.1) is 6.42 Å². The SMILES string of the molecule is CC(=O)CC(=O)NCc1ccc(F)c(C)c1. The average Bonchev–Trinajstić information content (AvgIpc) is 2.19. The topological polar surface area (TPSA) is 46.2 Å². The Morgan fingerprint density at radius 2 is 2.06 bits per heavy atom. The standard InChI is InChI=1S/C12H14FNO2/c1-8-5-10(3-4-11(8)13)7-14-12(16)6-9(2)15/h3-5H,6-7H2,1-2H3,(H,14,16). The van der Waals surface area contributed by atoms with Crippen molar-refractivity contribution in [2.24, 2.45) is 0 Å². The molecule has 0 bridgehead atoms. The molecular formula is C12H14FNO2. The van der Waals surface area contributed by atoms with Crippen molar-refractivity contribution < 1.29 is 14.0 Å². The monoisotopic (exact) mass is 223 g/mol. The molecule has 86 valence electrons. The van der Waals surface area contributed by atoms with Gasteiger partial charge in [0.15, 0.2) is 0 Å². The highest BCUT2D eigenvalue weighted by Gasteiger charge is 2.05. The van der Waals surface area contributed by atoms with Gasteiger partial charge in [-0.1, -0.05) is 12.1 Å². The summed E-state index contributed by atoms with van der Waals surface area (Å²) in [7, 11) is 0. The van der Waals surface area contributed by atoms with E-state index in [1.807, 2.05) is 0 Å². The first-order valence-corrected chi connectivity index (χ1v) is 5.00. The van der Waals surface area contributed by atoms with E-state index in [1.165, 1.54) is 13.0 Å². The van der Waals surface area contributed by atoms with E-state index in [2.05, 4.69) is 5.32 Å². The summed E-state index contributed by atoms with van der Waals surface area (Å²) in [5.41, 5.74) is 1.36. The number of ketones is 1. The Labute approximate surface area is 93.7 Å². The minimum atomic E-state index is -0.311. The number of carbonyl (C=O) groups excluding carboxylic acids is 2. The second-order valence-electron chi connectivity index (χ2n) is 3.74. The first kappa shape index (κ1) is 12.4. The summed E-state index contributed by atoms with van der Waals surface area (Å²) in [6.45, 7) is 3.34. The van der Waals surface area contributed by atoms with Crippen molar-refractivity contribution in [3.63, 3.8) is 0 Å². The molecule has 0 aliphatic carbocycles. The maximum Gasteiger partial charge on any atom is 0.227 e. The van der Waals surface area contributed by atoms with E-state index in [9.17, 15) is 14.0 Å². The second-order valence-corrected chi connectivity index (χ2v) is 3.74. The number of benzene rings is 1. The van der Waals surface area contributed by atoms with Gasteiger partial charge in [-0.05, 0) is 31.0 Å². The molecule has 1 N–H and O–H groups in total. The van der Waals surface area contributed by atoms with Crippen LogP contribution in [0.2, 0.25) is 0 Å². The molecule has 0 saturated carbocycles. The van der Waals surface area contributed by atoms with Gasteiger partial charge in [0, 0.05) is 6.54 Å². The molecule has 16 heavy (non-hydrogen) atoms. The third-order valence-corrected chi connectivity index (χ3v) is 2.12. The van der Waals surface area contributed by atoms with E-state index in [0.717, 1.165) is 5.56 Å². The van der Waals surface area contributed by atoms with Crippen LogP contribution in [-0.4, -0.2) is 11.7 Å². The average molecular weight is 223 g/mol. The number of aryl methyl sites for hydroxylation is 1. The molecule has 1 aromatic rings. The van der Waals surface area contributed by atoms with Crippen LogP contribution in [0.5, 0.6) is 0 Å². The van der Waals surface area contributed by atoms with E-state index in [4.69, 9.17) is 0 Å². The minimum absolute atomic E-state index is 0.111. The number of carbonyl (C=O) groups is 2. The van der Waals surface area contributed by atoms with Crippen molar-refractivity contribution in [1.82, 2.24) is 5.32 Å². The minimum Gasteiger partial charge on any atom is -0.352 e. The Bertz CT molecular complexity index is 415. The van der Waals surface area contributed by atoms with Crippen molar-refractivity contribution in [2.45, 2.75) is 26.8 Å². The number of rotatable bonds is 4. The molecule has 1 rings (SSSR count). The highest BCUT2D eigenvalue weighted by atomic mass is 19.1. The molecule has 4 heteroatoms. The van der Waals surface area contributed by atoms with Crippen LogP contribution in [0, 0.1) is 12.7 Å². The molecule has 0 aromatic heterocycles. The van der Waals surface area contributed by atoms with E-state index in [1.54, 1.807) is 19.1 Å². The Hall–Kier alpha value is -1.71. The zero-order chi connectivity index (χ0) is 12.1. The Morgan fingerprint density at radius 3 is 2.62 bits per heavy atom. The molecule has 0 aliphatic rings. The molecule has 0 heterocycles. The van der Waals surface area contributed by atoms with Crippen molar-refractivity contribution in [3.05, 3.63) is 35.1 Å². The van der Waals surface area contributed by atoms with Gasteiger partial charge >= 0.3 is 0 Å². The van der Waals surface area contributed by atoms with Gasteiger partial charge < -0.3 is 5.32 Å². The molecule has 1 aromatic carbocycles. The van der Waals surface area contributed by atoms with Crippen molar-refractivity contribution >= 4 is 11.7 Å². The van der Waals surface area contributed by atoms with Gasteiger partial charge in [0.2, 0.25) is 5.91 Å². The number of halogens is 1. The summed E-state index contributed by atoms with van der Waals surface area (Å²) in [5, 5.41) is 2.59. The summed E-state index contributed by atoms with van der Waals surface area (Å²) in [6.07, 6.45) is -0.111. The van der Waals surface area contributed by atoms with E-state index < -0.39 is 0 Å². The lowest BCUT2D eigenvalue weighted by Crippen LogP contribution is -2.24. The molecular weight excluding hydrogens is 209 g/mol. The molecule has 0 spiro atoms. The molecule has 1 amide bonds. The smallest absolute Gasteiger partial charge is 0.227 e. The number of Topliss-reactive ketones (excluding diaryl/α,β-unsaturated/α-hetero) is 1. The lowest BCUT2D eigenvalue weighted by Gasteiger charge is -2.05. The largest absolute Gasteiger partial charge is 0.352 e. The van der Waals surface area contributed by atoms with Gasteiger partial charge in [0.1, 0.15) is 11.6 Å². The van der Waals surface area contributed by atoms with Crippen LogP contribution in [0.3, 0.4) is 0 Å². The quantitative estimate of drug-likeness (QED) is 0.790. The third kappa shape index (κ3) is 3.81. The van der Waals surface area contributed by atoms with Crippen molar-refractivity contribution in [2.75, 3.05) is 0 Å². The zero-order valence-corrected chi connectivity index (χ0v) is 9.34. The lowest BCUT2D eigenvalue weighted by molar-refractivity contribution is -0.127. The predicted molar refractivity (Wildman–Crippen MR) is 58.3 cm³/mol. The highest BCUT2D eigenvalue weighted by molar-refractivity contribution is 5.96. The summed E-state index contributed by atoms with van der Waals surface area (Å²) in [5.74, 6) is -0.749. The number of nitrogens with one attached hydrogen (secondary N) is 1. The fourth-order valence-electron chi connectivity index (χ4n) is 1.31. The third-order valence-electron chi connectivity index (χ3n) is 2.12. The molecule has 0 radical (unpaired) electrons. The Kier molecular flexibility index (Phi) is 4.17. The lowest BCUT2D eigenvalue weighted by atomic mass is 10.1. The summed E-state index contributed by atoms with van der Waals surface area (Å²) in [4.78, 5) is 21.8. The summed E-state index contributed by atoms with van der Waals surface area (Å²) < 4.78 is 12.9. The number of amides is 1. The number of hydrogen-bond donors (Lipinski definition) is 1. The molecule has 0 saturated heterocycles. The first-order valence-electron chi connectivity index (χ1n) is 5.00. The van der Waals surface area contributed by atoms with Crippen LogP contribution in [0.15, 0.2) is 18.2 Å². The molecule has 0 fully saturated rings. The van der Waals surface area contributed by atoms with E-state index in [0.29, 0.717) is 12.1 Å². The maximum atomic E-state index is 12.9. The van der Waals surface area contributed by atoms with Gasteiger partial charge in [-0.2, -0.15) is 0 Å². The fourth-order valence-corrected chi connectivity index (χ4v) is 1.31. The summed E-state index contributed by atoms with van der Waals surface area (Å²) in [6, 6.07) is 4.64. The number of hydrogen-bond acceptors (Lipinski definition) is 2. The normalized spacial score (nSPS) is 9.94. The zero-order valence-electron chi connectivity index (χ0n) is 9.34. The predicted octanol–water partition coefficient (Wildman–Crippen LogP) is 1.73. The summed E-state index contributed by atoms with van der Waals surface area (Å²) >= 11 is 0. The van der Waals surface area contributed by atoms with Crippen LogP contribution >= 0.6 is 0 Å². The molecule has 3 nitrogen and oxygen atoms in total. The van der Waals surface area contributed by atoms with Gasteiger partial charge in [0.25, 0.3) is 0 Å². The van der Waals surface area contributed by atoms with Crippen LogP contribution in [0.25, 0.3) is 0 Å². The highest BCUT2D eigenvalue weighted by Crippen LogP contribution is 2.08. The van der Waals surface area contributed by atoms with Gasteiger partial charge in [-0.25, -0.2) is 4.39 Å². The first-order chi connectivity index (χ1) is 7.49. The van der Waals surface area contributed by atoms with E-state index in [-0.39, 0.29) is 23.9 Å². The van der Waals surface area contributed by atoms with Crippen LogP contribution in [0.4, 0.5) is 4.39 Å². The van der Waals surface area contributed by atoms with Crippen LogP contribution in [0.1, 0.15) is 24.5 Å². The Morgan fingerprint density at radius 1 is 1.38 bits per heavy atom. The van der Waals surface area contributed by atoms with E-state index >= 15 is 0 Å². The van der Waals surface area contributed by atoms with Gasteiger partial charge in [-0.3, -0.25) is 9.59 Å². The van der Waals surface area contributed by atoms with Crippen LogP contribution in [-0.2, 0) is 16.1 Å². The molecule has 0 aliphatic heterocycles. The molecule has 0 atom stereocenters. The van der Waals surface area contributed by atoms with Crippen molar-refractivity contribution in [3.8, 4) is 0 Å². The Balaban J connectivity index is 2.51. The second kappa shape index (κ2) is 5.39. The molecule has 0 unspecified atom stereocenters. The van der Waals surface area contributed by atoms with Crippen molar-refractivity contribution in [1.29, 1.82) is 0 Å². The fraction of sp³-hybridized carbons (Fsp3) is 0.333. The van der Waals surface area contributed by atoms with Crippen LogP contribution < -0.4 is 5.32 Å². The maximum absolute atomic E-state index is 12.9.